The van der Waals surface area contributed by atoms with Gasteiger partial charge >= 0.3 is 0 Å². The third-order valence-corrected chi connectivity index (χ3v) is 3.24. The first-order valence-electron chi connectivity index (χ1n) is 5.88. The van der Waals surface area contributed by atoms with E-state index in [0.29, 0.717) is 11.4 Å². The number of methoxy groups -OCH3 is 1. The molecule has 0 saturated heterocycles. The lowest BCUT2D eigenvalue weighted by atomic mass is 10.1. The van der Waals surface area contributed by atoms with Crippen LogP contribution in [0.4, 0.5) is 0 Å². The molecule has 1 unspecified atom stereocenters. The molecule has 1 heterocycles. The van der Waals surface area contributed by atoms with Gasteiger partial charge in [-0.25, -0.2) is 0 Å². The predicted molar refractivity (Wildman–Crippen MR) is 73.7 cm³/mol. The minimum atomic E-state index is -0.227. The summed E-state index contributed by atoms with van der Waals surface area (Å²) in [6.45, 7) is 4.03. The maximum atomic E-state index is 9.87. The normalized spacial score (nSPS) is 12.9. The van der Waals surface area contributed by atoms with Crippen LogP contribution in [0.1, 0.15) is 25.8 Å². The van der Waals surface area contributed by atoms with E-state index in [9.17, 15) is 5.11 Å². The van der Waals surface area contributed by atoms with Crippen LogP contribution in [0.5, 0.6) is 5.75 Å². The fourth-order valence-electron chi connectivity index (χ4n) is 1.82. The first-order valence-corrected chi connectivity index (χ1v) is 6.67. The molecule has 5 nitrogen and oxygen atoms in total. The van der Waals surface area contributed by atoms with Crippen molar-refractivity contribution in [3.8, 4) is 17.2 Å². The van der Waals surface area contributed by atoms with Crippen molar-refractivity contribution in [2.75, 3.05) is 7.11 Å². The van der Waals surface area contributed by atoms with Crippen LogP contribution >= 0.6 is 15.9 Å². The third kappa shape index (κ3) is 2.96. The molecule has 102 valence electrons. The minimum Gasteiger partial charge on any atom is -0.507 e. The Labute approximate surface area is 119 Å². The van der Waals surface area contributed by atoms with Gasteiger partial charge in [0.05, 0.1) is 5.56 Å². The number of aromatic hydroxyl groups is 1. The Balaban J connectivity index is 2.35. The summed E-state index contributed by atoms with van der Waals surface area (Å²) in [6, 6.07) is 5.10. The number of benzene rings is 1. The summed E-state index contributed by atoms with van der Waals surface area (Å²) in [6.07, 6.45) is -0.227. The van der Waals surface area contributed by atoms with Crippen molar-refractivity contribution in [1.82, 2.24) is 10.1 Å². The van der Waals surface area contributed by atoms with Gasteiger partial charge in [0.25, 0.3) is 5.89 Å². The third-order valence-electron chi connectivity index (χ3n) is 2.75. The number of rotatable bonds is 4. The van der Waals surface area contributed by atoms with Crippen LogP contribution in [0.15, 0.2) is 27.2 Å². The highest BCUT2D eigenvalue weighted by atomic mass is 79.9. The van der Waals surface area contributed by atoms with Crippen molar-refractivity contribution in [3.63, 3.8) is 0 Å². The van der Waals surface area contributed by atoms with Gasteiger partial charge in [0.2, 0.25) is 5.82 Å². The molecule has 2 aromatic rings. The van der Waals surface area contributed by atoms with Crippen LogP contribution in [-0.2, 0) is 4.74 Å². The number of aromatic nitrogens is 2. The molecule has 0 spiro atoms. The van der Waals surface area contributed by atoms with Crippen LogP contribution in [0.2, 0.25) is 0 Å². The molecule has 0 amide bonds. The van der Waals surface area contributed by atoms with Gasteiger partial charge < -0.3 is 14.4 Å². The van der Waals surface area contributed by atoms with E-state index in [-0.39, 0.29) is 23.7 Å². The SMILES string of the molecule is COC(c1noc(-c2ccc(Br)cc2O)n1)C(C)C. The Bertz CT molecular complexity index is 569. The number of halogens is 1. The smallest absolute Gasteiger partial charge is 0.261 e. The first-order chi connectivity index (χ1) is 9.02. The monoisotopic (exact) mass is 326 g/mol. The van der Waals surface area contributed by atoms with E-state index in [1.807, 2.05) is 13.8 Å². The summed E-state index contributed by atoms with van der Waals surface area (Å²) >= 11 is 3.28. The Morgan fingerprint density at radius 1 is 1.37 bits per heavy atom. The Morgan fingerprint density at radius 3 is 2.68 bits per heavy atom. The standard InChI is InChI=1S/C13H15BrN2O3/c1-7(2)11(18-3)12-15-13(19-16-12)9-5-4-8(14)6-10(9)17/h4-7,11,17H,1-3H3. The van der Waals surface area contributed by atoms with E-state index in [4.69, 9.17) is 9.26 Å². The zero-order chi connectivity index (χ0) is 14.0. The van der Waals surface area contributed by atoms with Crippen molar-refractivity contribution >= 4 is 15.9 Å². The molecule has 0 fully saturated rings. The van der Waals surface area contributed by atoms with E-state index in [0.717, 1.165) is 4.47 Å². The molecular weight excluding hydrogens is 312 g/mol. The summed E-state index contributed by atoms with van der Waals surface area (Å²) in [4.78, 5) is 4.29. The average molecular weight is 327 g/mol. The molecule has 0 bridgehead atoms. The van der Waals surface area contributed by atoms with Gasteiger partial charge in [0.15, 0.2) is 0 Å². The second-order valence-electron chi connectivity index (χ2n) is 4.52. The minimum absolute atomic E-state index is 0.0862. The van der Waals surface area contributed by atoms with Crippen LogP contribution in [0, 0.1) is 5.92 Å². The van der Waals surface area contributed by atoms with Crippen molar-refractivity contribution < 1.29 is 14.4 Å². The Morgan fingerprint density at radius 2 is 2.11 bits per heavy atom. The van der Waals surface area contributed by atoms with Gasteiger partial charge in [-0.15, -0.1) is 0 Å². The number of nitrogens with zero attached hydrogens (tertiary/aromatic N) is 2. The number of phenolic OH excluding ortho intramolecular Hbond substituents is 1. The molecule has 0 aliphatic rings. The van der Waals surface area contributed by atoms with Crippen molar-refractivity contribution in [2.45, 2.75) is 20.0 Å². The lowest BCUT2D eigenvalue weighted by Gasteiger charge is -2.14. The maximum absolute atomic E-state index is 9.87. The van der Waals surface area contributed by atoms with E-state index in [1.165, 1.54) is 0 Å². The number of hydrogen-bond donors (Lipinski definition) is 1. The summed E-state index contributed by atoms with van der Waals surface area (Å²) in [5.41, 5.74) is 0.501. The molecule has 0 aliphatic carbocycles. The molecule has 6 heteroatoms. The van der Waals surface area contributed by atoms with E-state index < -0.39 is 0 Å². The second-order valence-corrected chi connectivity index (χ2v) is 5.44. The summed E-state index contributed by atoms with van der Waals surface area (Å²) in [5, 5.41) is 13.8. The summed E-state index contributed by atoms with van der Waals surface area (Å²) in [5.74, 6) is 1.08. The number of hydrogen-bond acceptors (Lipinski definition) is 5. The zero-order valence-corrected chi connectivity index (χ0v) is 12.5. The highest BCUT2D eigenvalue weighted by Gasteiger charge is 2.22. The van der Waals surface area contributed by atoms with Crippen molar-refractivity contribution in [2.24, 2.45) is 5.92 Å². The average Bonchev–Trinajstić information content (AvgIpc) is 2.78. The van der Waals surface area contributed by atoms with Gasteiger partial charge in [0, 0.05) is 11.6 Å². The fourth-order valence-corrected chi connectivity index (χ4v) is 2.17. The van der Waals surface area contributed by atoms with Gasteiger partial charge in [-0.2, -0.15) is 4.98 Å². The summed E-state index contributed by atoms with van der Waals surface area (Å²) < 4.78 is 11.3. The van der Waals surface area contributed by atoms with E-state index in [1.54, 1.807) is 25.3 Å². The van der Waals surface area contributed by atoms with Crippen molar-refractivity contribution in [3.05, 3.63) is 28.5 Å². The molecule has 2 rings (SSSR count). The summed E-state index contributed by atoms with van der Waals surface area (Å²) in [7, 11) is 1.61. The Kier molecular flexibility index (Phi) is 4.21. The predicted octanol–water partition coefficient (Wildman–Crippen LogP) is 3.55. The van der Waals surface area contributed by atoms with Crippen LogP contribution in [0.3, 0.4) is 0 Å². The van der Waals surface area contributed by atoms with E-state index >= 15 is 0 Å². The molecule has 1 aromatic carbocycles. The molecule has 1 N–H and O–H groups in total. The number of ether oxygens (including phenoxy) is 1. The first kappa shape index (κ1) is 14.0. The highest BCUT2D eigenvalue weighted by molar-refractivity contribution is 9.10. The molecular formula is C13H15BrN2O3. The van der Waals surface area contributed by atoms with E-state index in [2.05, 4.69) is 26.1 Å². The fraction of sp³-hybridized carbons (Fsp3) is 0.385. The maximum Gasteiger partial charge on any atom is 0.261 e. The zero-order valence-electron chi connectivity index (χ0n) is 10.9. The van der Waals surface area contributed by atoms with Crippen LogP contribution < -0.4 is 0 Å². The van der Waals surface area contributed by atoms with Gasteiger partial charge in [0.1, 0.15) is 11.9 Å². The highest BCUT2D eigenvalue weighted by Crippen LogP contribution is 2.32. The molecule has 1 aromatic heterocycles. The molecule has 0 aliphatic heterocycles. The molecule has 0 radical (unpaired) electrons. The molecule has 1 atom stereocenters. The van der Waals surface area contributed by atoms with Crippen LogP contribution in [0.25, 0.3) is 11.5 Å². The largest absolute Gasteiger partial charge is 0.507 e. The van der Waals surface area contributed by atoms with Crippen LogP contribution in [-0.4, -0.2) is 22.4 Å². The number of phenols is 1. The van der Waals surface area contributed by atoms with Gasteiger partial charge in [-0.3, -0.25) is 0 Å². The van der Waals surface area contributed by atoms with Gasteiger partial charge in [-0.05, 0) is 24.1 Å². The molecule has 0 saturated carbocycles. The lowest BCUT2D eigenvalue weighted by molar-refractivity contribution is 0.0556. The second kappa shape index (κ2) is 5.71. The van der Waals surface area contributed by atoms with Crippen molar-refractivity contribution in [1.29, 1.82) is 0 Å². The topological polar surface area (TPSA) is 68.4 Å². The lowest BCUT2D eigenvalue weighted by Crippen LogP contribution is -2.10. The van der Waals surface area contributed by atoms with Gasteiger partial charge in [-0.1, -0.05) is 34.9 Å². The quantitative estimate of drug-likeness (QED) is 0.930. The molecule has 19 heavy (non-hydrogen) atoms. The Hall–Kier alpha value is -1.40.